The molecule has 0 unspecified atom stereocenters. The maximum Gasteiger partial charge on any atom is 0.257 e. The Morgan fingerprint density at radius 2 is 1.83 bits per heavy atom. The fraction of sp³-hybridized carbons (Fsp3) is 0.111. The summed E-state index contributed by atoms with van der Waals surface area (Å²) in [5, 5.41) is 12.0. The predicted octanol–water partition coefficient (Wildman–Crippen LogP) is 4.07. The Morgan fingerprint density at radius 3 is 2.43 bits per heavy atom. The van der Waals surface area contributed by atoms with Crippen molar-refractivity contribution in [2.75, 3.05) is 14.1 Å². The van der Waals surface area contributed by atoms with Crippen molar-refractivity contribution in [1.82, 2.24) is 9.88 Å². The molecule has 3 aromatic rings. The van der Waals surface area contributed by atoms with Crippen LogP contribution in [-0.2, 0) is 0 Å². The zero-order valence-electron chi connectivity index (χ0n) is 12.7. The molecule has 0 aliphatic rings. The van der Waals surface area contributed by atoms with E-state index in [4.69, 9.17) is 0 Å². The van der Waals surface area contributed by atoms with Crippen molar-refractivity contribution in [3.63, 3.8) is 0 Å². The molecular weight excluding hydrogens is 356 g/mol. The molecule has 1 amide bonds. The Bertz CT molecular complexity index is 889. The molecular formula is C18H15BrN2O2. The van der Waals surface area contributed by atoms with Gasteiger partial charge in [0.2, 0.25) is 0 Å². The first-order chi connectivity index (χ1) is 11.0. The van der Waals surface area contributed by atoms with Crippen molar-refractivity contribution in [3.05, 3.63) is 58.7 Å². The lowest BCUT2D eigenvalue weighted by Crippen LogP contribution is -2.21. The van der Waals surface area contributed by atoms with E-state index < -0.39 is 0 Å². The Kier molecular flexibility index (Phi) is 4.05. The summed E-state index contributed by atoms with van der Waals surface area (Å²) in [4.78, 5) is 18.3. The molecule has 0 bridgehead atoms. The molecule has 0 spiro atoms. The van der Waals surface area contributed by atoms with Crippen LogP contribution in [0.5, 0.6) is 5.75 Å². The smallest absolute Gasteiger partial charge is 0.257 e. The normalized spacial score (nSPS) is 10.7. The van der Waals surface area contributed by atoms with E-state index in [9.17, 15) is 9.90 Å². The zero-order valence-corrected chi connectivity index (χ0v) is 14.3. The molecule has 4 nitrogen and oxygen atoms in total. The van der Waals surface area contributed by atoms with Crippen molar-refractivity contribution >= 4 is 32.6 Å². The molecule has 0 saturated carbocycles. The quantitative estimate of drug-likeness (QED) is 0.739. The van der Waals surface area contributed by atoms with Crippen LogP contribution >= 0.6 is 15.9 Å². The predicted molar refractivity (Wildman–Crippen MR) is 94.6 cm³/mol. The highest BCUT2D eigenvalue weighted by Gasteiger charge is 2.19. The zero-order chi connectivity index (χ0) is 16.6. The van der Waals surface area contributed by atoms with E-state index in [0.717, 1.165) is 21.1 Å². The maximum absolute atomic E-state index is 12.4. The van der Waals surface area contributed by atoms with Crippen molar-refractivity contribution in [2.24, 2.45) is 0 Å². The average Bonchev–Trinajstić information content (AvgIpc) is 2.56. The lowest BCUT2D eigenvalue weighted by Gasteiger charge is -2.15. The number of hydrogen-bond acceptors (Lipinski definition) is 3. The molecule has 0 saturated heterocycles. The minimum atomic E-state index is -0.244. The molecule has 3 rings (SSSR count). The van der Waals surface area contributed by atoms with Gasteiger partial charge in [-0.2, -0.15) is 0 Å². The van der Waals surface area contributed by atoms with Gasteiger partial charge in [-0.1, -0.05) is 24.3 Å². The second-order valence-electron chi connectivity index (χ2n) is 5.43. The number of fused-ring (bicyclic) bond motifs is 1. The van der Waals surface area contributed by atoms with E-state index in [1.807, 2.05) is 30.3 Å². The Balaban J connectivity index is 2.34. The summed E-state index contributed by atoms with van der Waals surface area (Å²) < 4.78 is 0.883. The molecule has 5 heteroatoms. The van der Waals surface area contributed by atoms with E-state index >= 15 is 0 Å². The van der Waals surface area contributed by atoms with E-state index in [1.165, 1.54) is 4.90 Å². The molecule has 0 aliphatic carbocycles. The Hall–Kier alpha value is -2.40. The van der Waals surface area contributed by atoms with Crippen LogP contribution in [0.4, 0.5) is 0 Å². The van der Waals surface area contributed by atoms with Crippen LogP contribution in [0, 0.1) is 0 Å². The van der Waals surface area contributed by atoms with Gasteiger partial charge in [-0.25, -0.2) is 0 Å². The first kappa shape index (κ1) is 15.5. The third kappa shape index (κ3) is 2.80. The van der Waals surface area contributed by atoms with Crippen molar-refractivity contribution < 1.29 is 9.90 Å². The number of amides is 1. The Morgan fingerprint density at radius 1 is 1.13 bits per heavy atom. The number of phenolic OH excluding ortho intramolecular Hbond substituents is 1. The molecule has 0 atom stereocenters. The minimum absolute atomic E-state index is 0.000150. The molecule has 1 heterocycles. The molecule has 0 aliphatic heterocycles. The monoisotopic (exact) mass is 370 g/mol. The van der Waals surface area contributed by atoms with Crippen molar-refractivity contribution in [1.29, 1.82) is 0 Å². The largest absolute Gasteiger partial charge is 0.506 e. The van der Waals surface area contributed by atoms with Gasteiger partial charge in [-0.3, -0.25) is 9.78 Å². The number of halogens is 1. The number of benzene rings is 2. The molecule has 0 fully saturated rings. The Labute approximate surface area is 142 Å². The third-order valence-electron chi connectivity index (χ3n) is 3.66. The van der Waals surface area contributed by atoms with Crippen molar-refractivity contribution in [3.8, 4) is 17.0 Å². The number of aromatic hydroxyl groups is 1. The van der Waals surface area contributed by atoms with Crippen LogP contribution in [0.1, 0.15) is 10.4 Å². The lowest BCUT2D eigenvalue weighted by molar-refractivity contribution is 0.0825. The van der Waals surface area contributed by atoms with Gasteiger partial charge in [0.1, 0.15) is 5.75 Å². The van der Waals surface area contributed by atoms with Gasteiger partial charge in [0.15, 0.2) is 0 Å². The number of carbonyl (C=O) groups excluding carboxylic acids is 1. The molecule has 116 valence electrons. The average molecular weight is 371 g/mol. The van der Waals surface area contributed by atoms with Crippen LogP contribution in [0.2, 0.25) is 0 Å². The summed E-state index contributed by atoms with van der Waals surface area (Å²) in [5.41, 5.74) is 1.83. The second kappa shape index (κ2) is 6.01. The highest BCUT2D eigenvalue weighted by Crippen LogP contribution is 2.36. The summed E-state index contributed by atoms with van der Waals surface area (Å²) in [6, 6.07) is 12.9. The van der Waals surface area contributed by atoms with Gasteiger partial charge < -0.3 is 10.0 Å². The summed E-state index contributed by atoms with van der Waals surface area (Å²) in [6.07, 6.45) is 1.71. The first-order valence-electron chi connectivity index (χ1n) is 7.07. The number of nitrogens with zero attached hydrogens (tertiary/aromatic N) is 2. The number of aromatic nitrogens is 1. The summed E-state index contributed by atoms with van der Waals surface area (Å²) in [7, 11) is 3.32. The van der Waals surface area contributed by atoms with Gasteiger partial charge in [0, 0.05) is 35.7 Å². The number of hydrogen-bond donors (Lipinski definition) is 1. The number of carbonyl (C=O) groups is 1. The van der Waals surface area contributed by atoms with Crippen molar-refractivity contribution in [2.45, 2.75) is 0 Å². The molecule has 2 aromatic carbocycles. The highest BCUT2D eigenvalue weighted by molar-refractivity contribution is 9.10. The molecule has 0 radical (unpaired) electrons. The van der Waals surface area contributed by atoms with E-state index in [-0.39, 0.29) is 17.2 Å². The van der Waals surface area contributed by atoms with Crippen LogP contribution in [-0.4, -0.2) is 35.0 Å². The summed E-state index contributed by atoms with van der Waals surface area (Å²) in [5.74, 6) is -0.244. The number of phenols is 1. The van der Waals surface area contributed by atoms with Gasteiger partial charge in [0.05, 0.1) is 11.3 Å². The fourth-order valence-corrected chi connectivity index (χ4v) is 2.75. The van der Waals surface area contributed by atoms with Gasteiger partial charge >= 0.3 is 0 Å². The van der Waals surface area contributed by atoms with Crippen LogP contribution < -0.4 is 0 Å². The standard InChI is InChI=1S/C18H15BrN2O2/c1-21(2)18(23)15-9-14(16-8-7-11(19)10-20-16)12-5-3-4-6-13(12)17(15)22/h3-10,22H,1-2H3. The highest BCUT2D eigenvalue weighted by atomic mass is 79.9. The van der Waals surface area contributed by atoms with Crippen LogP contribution in [0.3, 0.4) is 0 Å². The van der Waals surface area contributed by atoms with E-state index in [2.05, 4.69) is 20.9 Å². The fourth-order valence-electron chi connectivity index (χ4n) is 2.51. The summed E-state index contributed by atoms with van der Waals surface area (Å²) >= 11 is 3.37. The first-order valence-corrected chi connectivity index (χ1v) is 7.86. The molecule has 1 aromatic heterocycles. The second-order valence-corrected chi connectivity index (χ2v) is 6.34. The SMILES string of the molecule is CN(C)C(=O)c1cc(-c2ccc(Br)cn2)c2ccccc2c1O. The number of pyridine rings is 1. The summed E-state index contributed by atoms with van der Waals surface area (Å²) in [6.45, 7) is 0. The third-order valence-corrected chi connectivity index (χ3v) is 4.13. The molecule has 23 heavy (non-hydrogen) atoms. The lowest BCUT2D eigenvalue weighted by atomic mass is 9.96. The van der Waals surface area contributed by atoms with E-state index in [0.29, 0.717) is 5.39 Å². The maximum atomic E-state index is 12.4. The van der Waals surface area contributed by atoms with Gasteiger partial charge in [-0.15, -0.1) is 0 Å². The van der Waals surface area contributed by atoms with Crippen LogP contribution in [0.25, 0.3) is 22.0 Å². The minimum Gasteiger partial charge on any atom is -0.506 e. The number of rotatable bonds is 2. The van der Waals surface area contributed by atoms with E-state index in [1.54, 1.807) is 32.4 Å². The van der Waals surface area contributed by atoms with Crippen LogP contribution in [0.15, 0.2) is 53.1 Å². The molecule has 1 N–H and O–H groups in total. The van der Waals surface area contributed by atoms with Gasteiger partial charge in [0.25, 0.3) is 5.91 Å². The topological polar surface area (TPSA) is 53.4 Å². The van der Waals surface area contributed by atoms with Gasteiger partial charge in [-0.05, 0) is 39.5 Å².